The van der Waals surface area contributed by atoms with Crippen molar-refractivity contribution in [2.75, 3.05) is 36.9 Å². The third kappa shape index (κ3) is 8.03. The smallest absolute Gasteiger partial charge is 0.410 e. The van der Waals surface area contributed by atoms with Gasteiger partial charge in [-0.05, 0) is 82.3 Å². The first-order chi connectivity index (χ1) is 21.5. The van der Waals surface area contributed by atoms with Gasteiger partial charge < -0.3 is 25.2 Å². The number of aromatic nitrogens is 1. The number of carbonyl (C=O) groups excluding carboxylic acids is 3. The Labute approximate surface area is 272 Å². The maximum atomic E-state index is 13.0. The Bertz CT molecular complexity index is 1700. The molecule has 0 saturated heterocycles. The molecule has 0 saturated carbocycles. The number of thiazole rings is 1. The topological polar surface area (TPSA) is 104 Å². The van der Waals surface area contributed by atoms with Crippen molar-refractivity contribution in [1.29, 1.82) is 0 Å². The van der Waals surface area contributed by atoms with Gasteiger partial charge in [-0.1, -0.05) is 23.9 Å². The van der Waals surface area contributed by atoms with Crippen molar-refractivity contribution in [2.24, 2.45) is 0 Å². The third-order valence-corrected chi connectivity index (χ3v) is 9.29. The van der Waals surface area contributed by atoms with Gasteiger partial charge in [-0.3, -0.25) is 9.59 Å². The van der Waals surface area contributed by atoms with Crippen LogP contribution in [0.15, 0.2) is 82.7 Å². The van der Waals surface area contributed by atoms with E-state index in [2.05, 4.69) is 39.6 Å². The molecule has 0 spiro atoms. The number of benzene rings is 3. The quantitative estimate of drug-likeness (QED) is 0.200. The van der Waals surface area contributed by atoms with Gasteiger partial charge in [-0.2, -0.15) is 0 Å². The molecule has 0 fully saturated rings. The molecule has 4 aromatic rings. The first kappa shape index (κ1) is 32.1. The highest BCUT2D eigenvalue weighted by Gasteiger charge is 2.22. The fraction of sp³-hybridized carbons (Fsp3) is 0.294. The Kier molecular flexibility index (Phi) is 9.79. The molecule has 2 N–H and O–H groups in total. The van der Waals surface area contributed by atoms with Crippen molar-refractivity contribution in [2.45, 2.75) is 49.6 Å². The highest BCUT2D eigenvalue weighted by atomic mass is 32.2. The van der Waals surface area contributed by atoms with Crippen LogP contribution >= 0.6 is 23.1 Å². The molecule has 2 heterocycles. The number of fused-ring (bicyclic) bond motifs is 2. The van der Waals surface area contributed by atoms with Gasteiger partial charge in [0.2, 0.25) is 0 Å². The maximum Gasteiger partial charge on any atom is 0.410 e. The molecule has 1 aromatic heterocycles. The van der Waals surface area contributed by atoms with Crippen LogP contribution in [0.2, 0.25) is 0 Å². The molecule has 45 heavy (non-hydrogen) atoms. The lowest BCUT2D eigenvalue weighted by atomic mass is 10.1. The van der Waals surface area contributed by atoms with Gasteiger partial charge in [0.25, 0.3) is 11.8 Å². The average molecular weight is 644 g/mol. The molecule has 0 bridgehead atoms. The molecule has 0 radical (unpaired) electrons. The van der Waals surface area contributed by atoms with E-state index >= 15 is 0 Å². The molecule has 3 amide bonds. The van der Waals surface area contributed by atoms with Crippen LogP contribution in [-0.4, -0.2) is 60.1 Å². The highest BCUT2D eigenvalue weighted by Crippen LogP contribution is 2.39. The minimum absolute atomic E-state index is 0.187. The second-order valence-corrected chi connectivity index (χ2v) is 13.8. The van der Waals surface area contributed by atoms with Crippen LogP contribution in [0.1, 0.15) is 53.3 Å². The van der Waals surface area contributed by atoms with Crippen molar-refractivity contribution in [3.63, 3.8) is 0 Å². The second kappa shape index (κ2) is 13.7. The summed E-state index contributed by atoms with van der Waals surface area (Å²) in [6, 6.07) is 21.0. The molecule has 1 aliphatic rings. The molecule has 5 rings (SSSR count). The van der Waals surface area contributed by atoms with E-state index in [1.807, 2.05) is 57.2 Å². The summed E-state index contributed by atoms with van der Waals surface area (Å²) >= 11 is 3.03. The fourth-order valence-corrected chi connectivity index (χ4v) is 6.56. The molecule has 3 aromatic carbocycles. The SMILES string of the molecule is CCN(CCN(C)C(=O)OC(C)(C)C)c1ccc(-c2ncc(CNC(=O)c3ccc4c(c3)NC(=O)c3ccccc3S4)s2)cc1. The third-order valence-electron chi connectivity index (χ3n) is 7.09. The van der Waals surface area contributed by atoms with Crippen LogP contribution in [0.3, 0.4) is 0 Å². The summed E-state index contributed by atoms with van der Waals surface area (Å²) in [6.45, 7) is 10.0. The molecular formula is C34H37N5O4S2. The Morgan fingerprint density at radius 1 is 1.00 bits per heavy atom. The molecule has 0 unspecified atom stereocenters. The zero-order valence-electron chi connectivity index (χ0n) is 26.0. The fourth-order valence-electron chi connectivity index (χ4n) is 4.69. The number of amides is 3. The summed E-state index contributed by atoms with van der Waals surface area (Å²) in [6.07, 6.45) is 1.45. The van der Waals surface area contributed by atoms with E-state index < -0.39 is 5.60 Å². The van der Waals surface area contributed by atoms with E-state index in [1.165, 1.54) is 23.1 Å². The lowest BCUT2D eigenvalue weighted by molar-refractivity contribution is 0.0303. The Morgan fingerprint density at radius 3 is 2.49 bits per heavy atom. The number of anilines is 2. The number of rotatable bonds is 9. The average Bonchev–Trinajstić information content (AvgIpc) is 3.44. The van der Waals surface area contributed by atoms with Crippen molar-refractivity contribution in [1.82, 2.24) is 15.2 Å². The largest absolute Gasteiger partial charge is 0.444 e. The van der Waals surface area contributed by atoms with Crippen molar-refractivity contribution in [3.8, 4) is 10.6 Å². The van der Waals surface area contributed by atoms with E-state index in [4.69, 9.17) is 4.74 Å². The summed E-state index contributed by atoms with van der Waals surface area (Å²) in [4.78, 5) is 49.1. The highest BCUT2D eigenvalue weighted by molar-refractivity contribution is 7.99. The van der Waals surface area contributed by atoms with Gasteiger partial charge >= 0.3 is 6.09 Å². The van der Waals surface area contributed by atoms with Crippen molar-refractivity contribution in [3.05, 3.63) is 88.9 Å². The van der Waals surface area contributed by atoms with E-state index in [1.54, 1.807) is 36.3 Å². The monoisotopic (exact) mass is 643 g/mol. The number of nitrogens with zero attached hydrogens (tertiary/aromatic N) is 3. The van der Waals surface area contributed by atoms with Gasteiger partial charge in [0, 0.05) is 64.4 Å². The van der Waals surface area contributed by atoms with Gasteiger partial charge in [0.1, 0.15) is 10.6 Å². The van der Waals surface area contributed by atoms with Gasteiger partial charge in [0.15, 0.2) is 0 Å². The van der Waals surface area contributed by atoms with Crippen LogP contribution in [0.5, 0.6) is 0 Å². The van der Waals surface area contributed by atoms with E-state index in [-0.39, 0.29) is 17.9 Å². The molecule has 1 aliphatic heterocycles. The standard InChI is InChI=1S/C34H37N5O4S2/c1-6-39(18-17-38(5)33(42)43-34(2,3)4)24-14-11-22(12-15-24)32-36-21-25(44-32)20-35-30(40)23-13-16-29-27(19-23)37-31(41)26-9-7-8-10-28(26)45-29/h7-16,19,21H,6,17-18,20H2,1-5H3,(H,35,40)(H,37,41). The summed E-state index contributed by atoms with van der Waals surface area (Å²) in [5.41, 5.74) is 3.23. The van der Waals surface area contributed by atoms with Crippen LogP contribution in [0, 0.1) is 0 Å². The second-order valence-electron chi connectivity index (χ2n) is 11.6. The molecule has 9 nitrogen and oxygen atoms in total. The maximum absolute atomic E-state index is 13.0. The number of hydrogen-bond donors (Lipinski definition) is 2. The van der Waals surface area contributed by atoms with Crippen LogP contribution < -0.4 is 15.5 Å². The summed E-state index contributed by atoms with van der Waals surface area (Å²) < 4.78 is 5.45. The molecule has 0 atom stereocenters. The summed E-state index contributed by atoms with van der Waals surface area (Å²) in [7, 11) is 1.75. The zero-order chi connectivity index (χ0) is 32.1. The molecule has 234 valence electrons. The molecule has 11 heteroatoms. The number of hydrogen-bond acceptors (Lipinski definition) is 8. The first-order valence-corrected chi connectivity index (χ1v) is 16.4. The van der Waals surface area contributed by atoms with Gasteiger partial charge in [-0.25, -0.2) is 9.78 Å². The summed E-state index contributed by atoms with van der Waals surface area (Å²) in [5.74, 6) is -0.414. The number of likely N-dealkylation sites (N-methyl/N-ethyl adjacent to an activating group) is 2. The lowest BCUT2D eigenvalue weighted by Gasteiger charge is -2.28. The zero-order valence-corrected chi connectivity index (χ0v) is 27.7. The predicted molar refractivity (Wildman–Crippen MR) is 180 cm³/mol. The van der Waals surface area contributed by atoms with E-state index in [9.17, 15) is 14.4 Å². The summed E-state index contributed by atoms with van der Waals surface area (Å²) in [5, 5.41) is 6.77. The number of carbonyl (C=O) groups is 3. The number of nitrogens with one attached hydrogen (secondary N) is 2. The Hall–Kier alpha value is -4.35. The number of ether oxygens (including phenoxy) is 1. The van der Waals surface area contributed by atoms with E-state index in [0.717, 1.165) is 37.5 Å². The lowest BCUT2D eigenvalue weighted by Crippen LogP contribution is -2.39. The molecular weight excluding hydrogens is 607 g/mol. The Morgan fingerprint density at radius 2 is 1.76 bits per heavy atom. The van der Waals surface area contributed by atoms with Crippen molar-refractivity contribution < 1.29 is 19.1 Å². The minimum Gasteiger partial charge on any atom is -0.444 e. The van der Waals surface area contributed by atoms with Gasteiger partial charge in [0.05, 0.1) is 17.8 Å². The van der Waals surface area contributed by atoms with Gasteiger partial charge in [-0.15, -0.1) is 11.3 Å². The van der Waals surface area contributed by atoms with Crippen LogP contribution in [-0.2, 0) is 11.3 Å². The normalized spacial score (nSPS) is 12.3. The molecule has 0 aliphatic carbocycles. The Balaban J connectivity index is 1.16. The van der Waals surface area contributed by atoms with Crippen molar-refractivity contribution >= 4 is 52.4 Å². The van der Waals surface area contributed by atoms with Crippen LogP contribution in [0.4, 0.5) is 16.2 Å². The minimum atomic E-state index is -0.526. The predicted octanol–water partition coefficient (Wildman–Crippen LogP) is 7.15. The van der Waals surface area contributed by atoms with Crippen LogP contribution in [0.25, 0.3) is 10.6 Å². The first-order valence-electron chi connectivity index (χ1n) is 14.8. The van der Waals surface area contributed by atoms with E-state index in [0.29, 0.717) is 36.4 Å².